The highest BCUT2D eigenvalue weighted by Crippen LogP contribution is 2.37. The first-order valence-corrected chi connectivity index (χ1v) is 7.24. The number of halogens is 1. The van der Waals surface area contributed by atoms with Gasteiger partial charge in [-0.2, -0.15) is 0 Å². The SMILES string of the molecule is COc1ccc(C(CN)C(O)c2ccoc2Br)cc1OC. The van der Waals surface area contributed by atoms with E-state index in [0.717, 1.165) is 5.56 Å². The molecule has 0 saturated carbocycles. The number of ether oxygens (including phenoxy) is 2. The van der Waals surface area contributed by atoms with Crippen LogP contribution in [0, 0.1) is 0 Å². The van der Waals surface area contributed by atoms with Gasteiger partial charge in [-0.1, -0.05) is 6.07 Å². The molecule has 1 heterocycles. The molecule has 1 aromatic carbocycles. The Labute approximate surface area is 131 Å². The Morgan fingerprint density at radius 1 is 1.24 bits per heavy atom. The molecule has 2 unspecified atom stereocenters. The Kier molecular flexibility index (Phi) is 5.27. The summed E-state index contributed by atoms with van der Waals surface area (Å²) in [5.74, 6) is 0.960. The molecule has 2 atom stereocenters. The zero-order chi connectivity index (χ0) is 15.4. The van der Waals surface area contributed by atoms with Crippen LogP contribution in [-0.4, -0.2) is 25.9 Å². The van der Waals surface area contributed by atoms with Crippen LogP contribution in [0.15, 0.2) is 39.6 Å². The molecular formula is C15H18BrNO4. The third kappa shape index (κ3) is 3.23. The number of aliphatic hydroxyl groups excluding tert-OH is 1. The molecule has 0 radical (unpaired) electrons. The normalized spacial score (nSPS) is 13.8. The lowest BCUT2D eigenvalue weighted by molar-refractivity contribution is 0.145. The van der Waals surface area contributed by atoms with E-state index in [9.17, 15) is 5.11 Å². The molecule has 2 aromatic rings. The van der Waals surface area contributed by atoms with Crippen LogP contribution in [0.3, 0.4) is 0 Å². The molecule has 2 rings (SSSR count). The van der Waals surface area contributed by atoms with E-state index in [-0.39, 0.29) is 12.5 Å². The average Bonchev–Trinajstić information content (AvgIpc) is 2.93. The lowest BCUT2D eigenvalue weighted by Crippen LogP contribution is -2.20. The van der Waals surface area contributed by atoms with Gasteiger partial charge in [0.15, 0.2) is 16.2 Å². The zero-order valence-corrected chi connectivity index (χ0v) is 13.5. The second-order valence-corrected chi connectivity index (χ2v) is 5.27. The molecular weight excluding hydrogens is 338 g/mol. The van der Waals surface area contributed by atoms with Crippen molar-refractivity contribution in [1.29, 1.82) is 0 Å². The molecule has 3 N–H and O–H groups in total. The number of furan rings is 1. The van der Waals surface area contributed by atoms with E-state index >= 15 is 0 Å². The van der Waals surface area contributed by atoms with Crippen molar-refractivity contribution in [2.75, 3.05) is 20.8 Å². The maximum Gasteiger partial charge on any atom is 0.174 e. The number of hydrogen-bond acceptors (Lipinski definition) is 5. The first-order chi connectivity index (χ1) is 10.1. The van der Waals surface area contributed by atoms with Gasteiger partial charge in [0.05, 0.1) is 26.6 Å². The number of aliphatic hydroxyl groups is 1. The molecule has 0 aliphatic rings. The molecule has 0 saturated heterocycles. The third-order valence-corrected chi connectivity index (χ3v) is 4.08. The highest BCUT2D eigenvalue weighted by atomic mass is 79.9. The fraction of sp³-hybridized carbons (Fsp3) is 0.333. The largest absolute Gasteiger partial charge is 0.493 e. The van der Waals surface area contributed by atoms with Crippen molar-refractivity contribution in [2.45, 2.75) is 12.0 Å². The summed E-state index contributed by atoms with van der Waals surface area (Å²) in [6, 6.07) is 7.22. The summed E-state index contributed by atoms with van der Waals surface area (Å²) >= 11 is 3.28. The Hall–Kier alpha value is -1.50. The summed E-state index contributed by atoms with van der Waals surface area (Å²) in [5, 5.41) is 10.6. The molecule has 0 spiro atoms. The van der Waals surface area contributed by atoms with Gasteiger partial charge in [-0.25, -0.2) is 0 Å². The van der Waals surface area contributed by atoms with E-state index in [0.29, 0.717) is 21.7 Å². The van der Waals surface area contributed by atoms with Crippen molar-refractivity contribution in [1.82, 2.24) is 0 Å². The highest BCUT2D eigenvalue weighted by Gasteiger charge is 2.25. The van der Waals surface area contributed by atoms with Gasteiger partial charge in [-0.3, -0.25) is 0 Å². The van der Waals surface area contributed by atoms with Gasteiger partial charge in [-0.05, 0) is 39.7 Å². The lowest BCUT2D eigenvalue weighted by atomic mass is 9.90. The van der Waals surface area contributed by atoms with Crippen molar-refractivity contribution in [3.05, 3.63) is 46.3 Å². The first kappa shape index (κ1) is 15.9. The Balaban J connectivity index is 2.35. The summed E-state index contributed by atoms with van der Waals surface area (Å²) in [6.07, 6.45) is 0.742. The van der Waals surface area contributed by atoms with E-state index in [1.165, 1.54) is 6.26 Å². The standard InChI is InChI=1S/C15H18BrNO4/c1-19-12-4-3-9(7-13(12)20-2)11(8-17)14(18)10-5-6-21-15(10)16/h3-7,11,14,18H,8,17H2,1-2H3. The quantitative estimate of drug-likeness (QED) is 0.832. The number of methoxy groups -OCH3 is 2. The van der Waals surface area contributed by atoms with Crippen LogP contribution in [0.25, 0.3) is 0 Å². The van der Waals surface area contributed by atoms with Gasteiger partial charge in [0.2, 0.25) is 0 Å². The summed E-state index contributed by atoms with van der Waals surface area (Å²) in [6.45, 7) is 0.286. The summed E-state index contributed by atoms with van der Waals surface area (Å²) in [7, 11) is 3.15. The van der Waals surface area contributed by atoms with Gasteiger partial charge >= 0.3 is 0 Å². The van der Waals surface area contributed by atoms with Crippen LogP contribution in [0.1, 0.15) is 23.1 Å². The fourth-order valence-electron chi connectivity index (χ4n) is 2.26. The monoisotopic (exact) mass is 355 g/mol. The lowest BCUT2D eigenvalue weighted by Gasteiger charge is -2.22. The van der Waals surface area contributed by atoms with E-state index in [4.69, 9.17) is 19.6 Å². The summed E-state index contributed by atoms with van der Waals surface area (Å²) in [5.41, 5.74) is 7.38. The van der Waals surface area contributed by atoms with Crippen LogP contribution in [-0.2, 0) is 0 Å². The molecule has 6 heteroatoms. The van der Waals surface area contributed by atoms with Gasteiger partial charge < -0.3 is 24.7 Å². The summed E-state index contributed by atoms with van der Waals surface area (Å²) < 4.78 is 16.2. The van der Waals surface area contributed by atoms with Crippen molar-refractivity contribution >= 4 is 15.9 Å². The zero-order valence-electron chi connectivity index (χ0n) is 11.9. The van der Waals surface area contributed by atoms with Gasteiger partial charge in [0.25, 0.3) is 0 Å². The predicted molar refractivity (Wildman–Crippen MR) is 82.7 cm³/mol. The van der Waals surface area contributed by atoms with Crippen molar-refractivity contribution in [3.63, 3.8) is 0 Å². The first-order valence-electron chi connectivity index (χ1n) is 6.45. The van der Waals surface area contributed by atoms with E-state index in [2.05, 4.69) is 15.9 Å². The second-order valence-electron chi connectivity index (χ2n) is 4.55. The maximum absolute atomic E-state index is 10.6. The van der Waals surface area contributed by atoms with Crippen molar-refractivity contribution < 1.29 is 19.0 Å². The topological polar surface area (TPSA) is 77.9 Å². The van der Waals surface area contributed by atoms with Gasteiger partial charge in [0.1, 0.15) is 0 Å². The van der Waals surface area contributed by atoms with Crippen LogP contribution >= 0.6 is 15.9 Å². The fourth-order valence-corrected chi connectivity index (χ4v) is 2.74. The van der Waals surface area contributed by atoms with Crippen LogP contribution < -0.4 is 15.2 Å². The third-order valence-electron chi connectivity index (χ3n) is 3.44. The van der Waals surface area contributed by atoms with Crippen LogP contribution in [0.5, 0.6) is 11.5 Å². The summed E-state index contributed by atoms with van der Waals surface area (Å²) in [4.78, 5) is 0. The average molecular weight is 356 g/mol. The minimum Gasteiger partial charge on any atom is -0.493 e. The smallest absolute Gasteiger partial charge is 0.174 e. The molecule has 1 aromatic heterocycles. The number of rotatable bonds is 6. The molecule has 0 fully saturated rings. The Morgan fingerprint density at radius 3 is 2.48 bits per heavy atom. The van der Waals surface area contributed by atoms with Crippen LogP contribution in [0.4, 0.5) is 0 Å². The minimum atomic E-state index is -0.777. The van der Waals surface area contributed by atoms with Crippen molar-refractivity contribution in [3.8, 4) is 11.5 Å². The van der Waals surface area contributed by atoms with E-state index in [1.54, 1.807) is 26.4 Å². The molecule has 0 amide bonds. The number of benzene rings is 1. The van der Waals surface area contributed by atoms with Gasteiger partial charge in [-0.15, -0.1) is 0 Å². The number of nitrogens with two attached hydrogens (primary N) is 1. The molecule has 21 heavy (non-hydrogen) atoms. The Morgan fingerprint density at radius 2 is 1.95 bits per heavy atom. The molecule has 0 aliphatic heterocycles. The maximum atomic E-state index is 10.6. The molecule has 0 bridgehead atoms. The number of hydrogen-bond donors (Lipinski definition) is 2. The second kappa shape index (κ2) is 6.98. The predicted octanol–water partition coefficient (Wildman–Crippen LogP) is 2.84. The molecule has 5 nitrogen and oxygen atoms in total. The Bertz CT molecular complexity index is 599. The van der Waals surface area contributed by atoms with Crippen molar-refractivity contribution in [2.24, 2.45) is 5.73 Å². The minimum absolute atomic E-state index is 0.279. The molecule has 114 valence electrons. The van der Waals surface area contributed by atoms with E-state index in [1.807, 2.05) is 12.1 Å². The van der Waals surface area contributed by atoms with Gasteiger partial charge in [0, 0.05) is 18.0 Å². The molecule has 0 aliphatic carbocycles. The van der Waals surface area contributed by atoms with Crippen LogP contribution in [0.2, 0.25) is 0 Å². The van der Waals surface area contributed by atoms with E-state index < -0.39 is 6.10 Å². The highest BCUT2D eigenvalue weighted by molar-refractivity contribution is 9.10.